The molecule has 0 saturated heterocycles. The molecule has 0 aliphatic heterocycles. The number of ether oxygens (including phenoxy) is 1. The second-order valence-electron chi connectivity index (χ2n) is 8.60. The number of nitrogen functional groups attached to an aromatic ring is 1. The lowest BCUT2D eigenvalue weighted by Gasteiger charge is -2.15. The molecule has 0 fully saturated rings. The monoisotopic (exact) mass is 546 g/mol. The number of nitrogens with two attached hydrogens (primary N) is 1. The molecule has 2 heterocycles. The van der Waals surface area contributed by atoms with Crippen molar-refractivity contribution in [3.05, 3.63) is 53.6 Å². The average molecular weight is 547 g/mol. The van der Waals surface area contributed by atoms with Crippen molar-refractivity contribution in [2.75, 3.05) is 12.8 Å². The number of halogens is 6. The van der Waals surface area contributed by atoms with E-state index in [1.165, 1.54) is 31.5 Å². The van der Waals surface area contributed by atoms with E-state index in [2.05, 4.69) is 14.7 Å². The van der Waals surface area contributed by atoms with Crippen molar-refractivity contribution in [2.24, 2.45) is 0 Å². The normalized spacial score (nSPS) is 12.9. The lowest BCUT2D eigenvalue weighted by molar-refractivity contribution is -0.147. The zero-order valence-corrected chi connectivity index (χ0v) is 21.3. The van der Waals surface area contributed by atoms with Crippen molar-refractivity contribution in [2.45, 2.75) is 77.2 Å². The highest BCUT2D eigenvalue weighted by atomic mass is 19.4. The Hall–Kier alpha value is -3.31. The number of anilines is 1. The fourth-order valence-electron chi connectivity index (χ4n) is 3.88. The largest absolute Gasteiger partial charge is 0.469 e. The maximum Gasteiger partial charge on any atom is 0.449 e. The first-order valence-corrected chi connectivity index (χ1v) is 12.2. The molecule has 2 rings (SSSR count). The van der Waals surface area contributed by atoms with Crippen LogP contribution in [0.3, 0.4) is 0 Å². The van der Waals surface area contributed by atoms with Gasteiger partial charge < -0.3 is 15.0 Å². The van der Waals surface area contributed by atoms with Crippen LogP contribution in [0.2, 0.25) is 0 Å². The summed E-state index contributed by atoms with van der Waals surface area (Å²) >= 11 is 0. The molecule has 2 aromatic rings. The van der Waals surface area contributed by atoms with E-state index in [9.17, 15) is 31.1 Å². The summed E-state index contributed by atoms with van der Waals surface area (Å²) in [5.74, 6) is -1.53. The van der Waals surface area contributed by atoms with Gasteiger partial charge in [-0.25, -0.2) is 9.97 Å². The smallest absolute Gasteiger partial charge is 0.449 e. The number of pyridine rings is 1. The topological polar surface area (TPSA) is 83.0 Å². The molecule has 0 aromatic carbocycles. The second kappa shape index (κ2) is 14.0. The van der Waals surface area contributed by atoms with Crippen molar-refractivity contribution in [1.82, 2.24) is 14.5 Å². The van der Waals surface area contributed by atoms with Gasteiger partial charge in [0.2, 0.25) is 5.82 Å². The number of allylic oxidation sites excluding steroid dienone is 4. The van der Waals surface area contributed by atoms with Crippen LogP contribution >= 0.6 is 0 Å². The van der Waals surface area contributed by atoms with Crippen LogP contribution in [0.1, 0.15) is 63.4 Å². The number of unbranched alkanes of at least 4 members (excludes halogenated alkanes) is 3. The first-order valence-electron chi connectivity index (χ1n) is 12.2. The van der Waals surface area contributed by atoms with Gasteiger partial charge >= 0.3 is 18.3 Å². The number of imidazole rings is 1. The fraction of sp³-hybridized carbons (Fsp3) is 0.500. The summed E-state index contributed by atoms with van der Waals surface area (Å²) < 4.78 is 88.5. The standard InChI is InChI=1S/C26H32F6N4O2/c1-3-4-7-10-19(25(27,28)29)12-13-20-23(18-14-15-34-21(33)17-18)35-24(26(30,31)32)36(20)16-9-6-5-8-11-22(37)38-2/h4,7,12,14-15,17H,3,5-6,8-11,13,16H2,1-2H3,(H2,33,34)/b7-4-,19-12+. The molecule has 38 heavy (non-hydrogen) atoms. The van der Waals surface area contributed by atoms with Gasteiger partial charge in [-0.3, -0.25) is 4.79 Å². The number of methoxy groups -OCH3 is 1. The van der Waals surface area contributed by atoms with E-state index < -0.39 is 36.6 Å². The number of alkyl halides is 6. The molecule has 0 radical (unpaired) electrons. The van der Waals surface area contributed by atoms with Crippen molar-refractivity contribution >= 4 is 11.8 Å². The molecular formula is C26H32F6N4O2. The van der Waals surface area contributed by atoms with Gasteiger partial charge in [0.1, 0.15) is 5.82 Å². The number of aromatic nitrogens is 3. The molecule has 210 valence electrons. The van der Waals surface area contributed by atoms with Crippen LogP contribution < -0.4 is 5.73 Å². The molecule has 6 nitrogen and oxygen atoms in total. The third-order valence-corrected chi connectivity index (χ3v) is 5.77. The summed E-state index contributed by atoms with van der Waals surface area (Å²) in [6.45, 7) is 1.67. The number of hydrogen-bond acceptors (Lipinski definition) is 5. The third kappa shape index (κ3) is 9.21. The van der Waals surface area contributed by atoms with Crippen LogP contribution in [0, 0.1) is 0 Å². The van der Waals surface area contributed by atoms with Gasteiger partial charge in [0, 0.05) is 42.4 Å². The Morgan fingerprint density at radius 1 is 1.11 bits per heavy atom. The van der Waals surface area contributed by atoms with E-state index in [-0.39, 0.29) is 41.7 Å². The predicted molar refractivity (Wildman–Crippen MR) is 132 cm³/mol. The van der Waals surface area contributed by atoms with Crippen LogP contribution in [0.15, 0.2) is 42.1 Å². The molecular weight excluding hydrogens is 514 g/mol. The molecule has 0 aliphatic carbocycles. The maximum absolute atomic E-state index is 14.0. The number of hydrogen-bond donors (Lipinski definition) is 1. The summed E-state index contributed by atoms with van der Waals surface area (Å²) in [5, 5.41) is 0. The van der Waals surface area contributed by atoms with Gasteiger partial charge in [-0.05, 0) is 37.8 Å². The molecule has 2 aromatic heterocycles. The highest BCUT2D eigenvalue weighted by molar-refractivity contribution is 5.69. The van der Waals surface area contributed by atoms with E-state index >= 15 is 0 Å². The Morgan fingerprint density at radius 2 is 1.82 bits per heavy atom. The first kappa shape index (κ1) is 30.9. The van der Waals surface area contributed by atoms with E-state index in [0.29, 0.717) is 32.1 Å². The molecule has 0 saturated carbocycles. The number of carbonyl (C=O) groups is 1. The lowest BCUT2D eigenvalue weighted by atomic mass is 10.1. The Morgan fingerprint density at radius 3 is 2.42 bits per heavy atom. The number of esters is 1. The summed E-state index contributed by atoms with van der Waals surface area (Å²) in [6.07, 6.45) is -2.43. The van der Waals surface area contributed by atoms with E-state index in [1.807, 2.05) is 0 Å². The molecule has 0 aliphatic rings. The van der Waals surface area contributed by atoms with Crippen molar-refractivity contribution in [3.8, 4) is 11.3 Å². The highest BCUT2D eigenvalue weighted by Crippen LogP contribution is 2.36. The van der Waals surface area contributed by atoms with Crippen molar-refractivity contribution in [3.63, 3.8) is 0 Å². The van der Waals surface area contributed by atoms with Gasteiger partial charge in [-0.15, -0.1) is 0 Å². The van der Waals surface area contributed by atoms with Crippen molar-refractivity contribution < 1.29 is 35.9 Å². The minimum atomic E-state index is -4.84. The Kier molecular flexibility index (Phi) is 11.4. The van der Waals surface area contributed by atoms with Crippen LogP contribution in [-0.2, 0) is 28.7 Å². The summed E-state index contributed by atoms with van der Waals surface area (Å²) in [6, 6.07) is 2.75. The summed E-state index contributed by atoms with van der Waals surface area (Å²) in [7, 11) is 1.27. The lowest BCUT2D eigenvalue weighted by Crippen LogP contribution is -2.17. The van der Waals surface area contributed by atoms with Crippen LogP contribution in [0.4, 0.5) is 32.2 Å². The zero-order valence-electron chi connectivity index (χ0n) is 21.3. The predicted octanol–water partition coefficient (Wildman–Crippen LogP) is 7.06. The van der Waals surface area contributed by atoms with Crippen LogP contribution in [0.25, 0.3) is 11.3 Å². The Labute approximate surface area is 217 Å². The quantitative estimate of drug-likeness (QED) is 0.126. The fourth-order valence-corrected chi connectivity index (χ4v) is 3.88. The SMILES string of the molecule is CC/C=C\C/C(=C\Cc1c(-c2ccnc(N)c2)nc(C(F)(F)F)n1CCCCCCC(=O)OC)C(F)(F)F. The van der Waals surface area contributed by atoms with Gasteiger partial charge in [-0.1, -0.05) is 38.0 Å². The zero-order chi connectivity index (χ0) is 28.3. The van der Waals surface area contributed by atoms with Gasteiger partial charge in [0.05, 0.1) is 12.8 Å². The van der Waals surface area contributed by atoms with Crippen LogP contribution in [-0.4, -0.2) is 33.8 Å². The number of rotatable bonds is 13. The van der Waals surface area contributed by atoms with E-state index in [4.69, 9.17) is 5.73 Å². The van der Waals surface area contributed by atoms with Crippen LogP contribution in [0.5, 0.6) is 0 Å². The molecule has 0 bridgehead atoms. The summed E-state index contributed by atoms with van der Waals surface area (Å²) in [5.41, 5.74) is 4.98. The average Bonchev–Trinajstić information content (AvgIpc) is 3.21. The summed E-state index contributed by atoms with van der Waals surface area (Å²) in [4.78, 5) is 18.9. The molecule has 0 atom stereocenters. The molecule has 0 spiro atoms. The minimum absolute atomic E-state index is 0.00120. The van der Waals surface area contributed by atoms with E-state index in [1.54, 1.807) is 13.0 Å². The third-order valence-electron chi connectivity index (χ3n) is 5.77. The minimum Gasteiger partial charge on any atom is -0.469 e. The molecule has 0 unspecified atom stereocenters. The number of carbonyl (C=O) groups excluding carboxylic acids is 1. The molecule has 12 heteroatoms. The van der Waals surface area contributed by atoms with Gasteiger partial charge in [-0.2, -0.15) is 26.3 Å². The Balaban J connectivity index is 2.48. The first-order chi connectivity index (χ1) is 17.9. The van der Waals surface area contributed by atoms with Gasteiger partial charge in [0.15, 0.2) is 0 Å². The van der Waals surface area contributed by atoms with Crippen molar-refractivity contribution in [1.29, 1.82) is 0 Å². The number of nitrogens with zero attached hydrogens (tertiary/aromatic N) is 3. The molecule has 0 amide bonds. The Bertz CT molecular complexity index is 1120. The van der Waals surface area contributed by atoms with Gasteiger partial charge in [0.25, 0.3) is 0 Å². The second-order valence-corrected chi connectivity index (χ2v) is 8.60. The maximum atomic E-state index is 14.0. The highest BCUT2D eigenvalue weighted by Gasteiger charge is 2.39. The van der Waals surface area contributed by atoms with E-state index in [0.717, 1.165) is 10.6 Å². The molecule has 2 N–H and O–H groups in total.